The van der Waals surface area contributed by atoms with Crippen LogP contribution in [0.25, 0.3) is 0 Å². The third kappa shape index (κ3) is 4.57. The molecule has 0 heterocycles. The summed E-state index contributed by atoms with van der Waals surface area (Å²) in [6.45, 7) is -0.499. The van der Waals surface area contributed by atoms with Crippen LogP contribution in [0.15, 0.2) is 48.5 Å². The molecule has 0 aliphatic heterocycles. The van der Waals surface area contributed by atoms with Gasteiger partial charge in [0.25, 0.3) is 5.91 Å². The number of ether oxygens (including phenoxy) is 2. The Morgan fingerprint density at radius 2 is 1.67 bits per heavy atom. The smallest absolute Gasteiger partial charge is 0.339 e. The lowest BCUT2D eigenvalue weighted by Gasteiger charge is -2.09. The molecule has 0 spiro atoms. The number of hydrogen-bond donors (Lipinski definition) is 1. The fourth-order valence-corrected chi connectivity index (χ4v) is 2.11. The number of esters is 2. The Bertz CT molecular complexity index is 775. The van der Waals surface area contributed by atoms with Gasteiger partial charge in [-0.15, -0.1) is 0 Å². The van der Waals surface area contributed by atoms with E-state index in [1.54, 1.807) is 36.4 Å². The van der Waals surface area contributed by atoms with Gasteiger partial charge in [0, 0.05) is 10.7 Å². The van der Waals surface area contributed by atoms with Crippen LogP contribution in [0.2, 0.25) is 5.02 Å². The average Bonchev–Trinajstić information content (AvgIpc) is 2.59. The summed E-state index contributed by atoms with van der Waals surface area (Å²) in [5.74, 6) is -1.98. The number of halogens is 1. The van der Waals surface area contributed by atoms with Crippen LogP contribution in [0.1, 0.15) is 20.7 Å². The fraction of sp³-hybridized carbons (Fsp3) is 0.118. The number of rotatable bonds is 5. The first kappa shape index (κ1) is 17.5. The zero-order valence-corrected chi connectivity index (χ0v) is 13.5. The molecule has 0 bridgehead atoms. The summed E-state index contributed by atoms with van der Waals surface area (Å²) in [6, 6.07) is 12.6. The number of amides is 1. The molecule has 1 amide bonds. The minimum absolute atomic E-state index is 0.0277. The molecule has 0 atom stereocenters. The third-order valence-corrected chi connectivity index (χ3v) is 3.23. The Kier molecular flexibility index (Phi) is 5.92. The Morgan fingerprint density at radius 1 is 1.00 bits per heavy atom. The molecule has 0 aliphatic rings. The summed E-state index contributed by atoms with van der Waals surface area (Å²) in [4.78, 5) is 35.5. The van der Waals surface area contributed by atoms with Crippen molar-refractivity contribution in [2.24, 2.45) is 0 Å². The van der Waals surface area contributed by atoms with Gasteiger partial charge in [0.2, 0.25) is 0 Å². The van der Waals surface area contributed by atoms with Crippen LogP contribution in [-0.4, -0.2) is 31.6 Å². The number of nitrogens with one attached hydrogen (secondary N) is 1. The molecule has 0 saturated carbocycles. The number of methoxy groups -OCH3 is 1. The molecule has 0 radical (unpaired) electrons. The number of carbonyl (C=O) groups is 3. The quantitative estimate of drug-likeness (QED) is 0.841. The molecule has 0 saturated heterocycles. The molecule has 24 heavy (non-hydrogen) atoms. The van der Waals surface area contributed by atoms with Gasteiger partial charge >= 0.3 is 11.9 Å². The van der Waals surface area contributed by atoms with Crippen molar-refractivity contribution in [3.63, 3.8) is 0 Å². The first-order chi connectivity index (χ1) is 11.5. The molecule has 0 aromatic heterocycles. The van der Waals surface area contributed by atoms with Gasteiger partial charge in [-0.25, -0.2) is 9.59 Å². The van der Waals surface area contributed by atoms with E-state index in [4.69, 9.17) is 16.3 Å². The molecule has 0 unspecified atom stereocenters. The van der Waals surface area contributed by atoms with E-state index in [1.165, 1.54) is 19.2 Å². The summed E-state index contributed by atoms with van der Waals surface area (Å²) in [5.41, 5.74) is 0.582. The number of carbonyl (C=O) groups excluding carboxylic acids is 3. The molecule has 2 aromatic carbocycles. The van der Waals surface area contributed by atoms with Crippen molar-refractivity contribution in [2.45, 2.75) is 0 Å². The standard InChI is InChI=1S/C17H14ClNO5/c1-23-16(21)13-7-2-3-8-14(13)17(22)24-10-15(20)19-12-6-4-5-11(18)9-12/h2-9H,10H2,1H3,(H,19,20). The van der Waals surface area contributed by atoms with Crippen LogP contribution >= 0.6 is 11.6 Å². The molecule has 0 fully saturated rings. The van der Waals surface area contributed by atoms with Gasteiger partial charge in [0.05, 0.1) is 18.2 Å². The lowest BCUT2D eigenvalue weighted by molar-refractivity contribution is -0.119. The molecule has 1 N–H and O–H groups in total. The van der Waals surface area contributed by atoms with Gasteiger partial charge < -0.3 is 14.8 Å². The van der Waals surface area contributed by atoms with Crippen molar-refractivity contribution in [2.75, 3.05) is 19.0 Å². The van der Waals surface area contributed by atoms with Gasteiger partial charge in [-0.05, 0) is 30.3 Å². The topological polar surface area (TPSA) is 81.7 Å². The molecular formula is C17H14ClNO5. The van der Waals surface area contributed by atoms with E-state index >= 15 is 0 Å². The zero-order valence-electron chi connectivity index (χ0n) is 12.7. The SMILES string of the molecule is COC(=O)c1ccccc1C(=O)OCC(=O)Nc1cccc(Cl)c1. The lowest BCUT2D eigenvalue weighted by atomic mass is 10.1. The highest BCUT2D eigenvalue weighted by Gasteiger charge is 2.19. The molecule has 124 valence electrons. The maximum absolute atomic E-state index is 12.1. The van der Waals surface area contributed by atoms with Gasteiger partial charge in [0.1, 0.15) is 0 Å². The van der Waals surface area contributed by atoms with Crippen molar-refractivity contribution in [1.82, 2.24) is 0 Å². The van der Waals surface area contributed by atoms with Crippen molar-refractivity contribution in [3.8, 4) is 0 Å². The molecule has 6 nitrogen and oxygen atoms in total. The Morgan fingerprint density at radius 3 is 2.29 bits per heavy atom. The maximum Gasteiger partial charge on any atom is 0.339 e. The van der Waals surface area contributed by atoms with E-state index in [0.717, 1.165) is 0 Å². The van der Waals surface area contributed by atoms with E-state index in [9.17, 15) is 14.4 Å². The normalized spacial score (nSPS) is 9.92. The molecule has 7 heteroatoms. The van der Waals surface area contributed by atoms with Crippen molar-refractivity contribution in [3.05, 3.63) is 64.7 Å². The predicted molar refractivity (Wildman–Crippen MR) is 88.1 cm³/mol. The number of anilines is 1. The van der Waals surface area contributed by atoms with Crippen LogP contribution in [0.5, 0.6) is 0 Å². The highest BCUT2D eigenvalue weighted by atomic mass is 35.5. The zero-order chi connectivity index (χ0) is 17.5. The lowest BCUT2D eigenvalue weighted by Crippen LogP contribution is -2.22. The predicted octanol–water partition coefficient (Wildman–Crippen LogP) is 2.92. The highest BCUT2D eigenvalue weighted by molar-refractivity contribution is 6.30. The largest absolute Gasteiger partial charge is 0.465 e. The van der Waals surface area contributed by atoms with Gasteiger partial charge in [-0.3, -0.25) is 4.79 Å². The van der Waals surface area contributed by atoms with Crippen LogP contribution in [0, 0.1) is 0 Å². The first-order valence-corrected chi connectivity index (χ1v) is 7.29. The van der Waals surface area contributed by atoms with E-state index in [-0.39, 0.29) is 11.1 Å². The van der Waals surface area contributed by atoms with Crippen LogP contribution < -0.4 is 5.32 Å². The summed E-state index contributed by atoms with van der Waals surface area (Å²) in [7, 11) is 1.21. The average molecular weight is 348 g/mol. The van der Waals surface area contributed by atoms with Gasteiger partial charge in [0.15, 0.2) is 6.61 Å². The summed E-state index contributed by atoms with van der Waals surface area (Å²) < 4.78 is 9.54. The summed E-state index contributed by atoms with van der Waals surface area (Å²) in [6.07, 6.45) is 0. The van der Waals surface area contributed by atoms with E-state index in [1.807, 2.05) is 0 Å². The second kappa shape index (κ2) is 8.12. The summed E-state index contributed by atoms with van der Waals surface area (Å²) in [5, 5.41) is 3.02. The first-order valence-electron chi connectivity index (χ1n) is 6.91. The van der Waals surface area contributed by atoms with E-state index in [2.05, 4.69) is 10.1 Å². The molecule has 2 rings (SSSR count). The third-order valence-electron chi connectivity index (χ3n) is 3.00. The van der Waals surface area contributed by atoms with Crippen LogP contribution in [-0.2, 0) is 14.3 Å². The Hall–Kier alpha value is -2.86. The van der Waals surface area contributed by atoms with Crippen molar-refractivity contribution >= 4 is 35.1 Å². The molecule has 2 aromatic rings. The van der Waals surface area contributed by atoms with Crippen molar-refractivity contribution < 1.29 is 23.9 Å². The van der Waals surface area contributed by atoms with Crippen LogP contribution in [0.4, 0.5) is 5.69 Å². The molecular weight excluding hydrogens is 334 g/mol. The molecule has 0 aliphatic carbocycles. The summed E-state index contributed by atoms with van der Waals surface area (Å²) >= 11 is 5.82. The monoisotopic (exact) mass is 347 g/mol. The van der Waals surface area contributed by atoms with Crippen molar-refractivity contribution in [1.29, 1.82) is 0 Å². The second-order valence-electron chi connectivity index (χ2n) is 4.67. The Balaban J connectivity index is 1.98. The van der Waals surface area contributed by atoms with Gasteiger partial charge in [-0.2, -0.15) is 0 Å². The van der Waals surface area contributed by atoms with E-state index in [0.29, 0.717) is 10.7 Å². The van der Waals surface area contributed by atoms with Gasteiger partial charge in [-0.1, -0.05) is 29.8 Å². The second-order valence-corrected chi connectivity index (χ2v) is 5.11. The highest BCUT2D eigenvalue weighted by Crippen LogP contribution is 2.15. The Labute approximate surface area is 143 Å². The number of hydrogen-bond acceptors (Lipinski definition) is 5. The minimum Gasteiger partial charge on any atom is -0.465 e. The van der Waals surface area contributed by atoms with E-state index < -0.39 is 24.5 Å². The minimum atomic E-state index is -0.794. The van der Waals surface area contributed by atoms with Crippen LogP contribution in [0.3, 0.4) is 0 Å². The fourth-order valence-electron chi connectivity index (χ4n) is 1.92. The number of benzene rings is 2. The maximum atomic E-state index is 12.1.